The van der Waals surface area contributed by atoms with Gasteiger partial charge in [0.15, 0.2) is 5.60 Å². The molecule has 188 valence electrons. The Hall–Kier alpha value is -3.79. The van der Waals surface area contributed by atoms with Crippen LogP contribution in [0.2, 0.25) is 0 Å². The van der Waals surface area contributed by atoms with E-state index in [2.05, 4.69) is 44.0 Å². The van der Waals surface area contributed by atoms with Crippen LogP contribution in [0.5, 0.6) is 0 Å². The lowest BCUT2D eigenvalue weighted by Gasteiger charge is -2.27. The highest BCUT2D eigenvalue weighted by Crippen LogP contribution is 2.33. The summed E-state index contributed by atoms with van der Waals surface area (Å²) in [5.74, 6) is -4.39. The van der Waals surface area contributed by atoms with E-state index in [9.17, 15) is 19.2 Å². The van der Waals surface area contributed by atoms with E-state index in [-0.39, 0.29) is 11.9 Å². The Morgan fingerprint density at radius 3 is 2.11 bits per heavy atom. The fourth-order valence-electron chi connectivity index (χ4n) is 3.79. The van der Waals surface area contributed by atoms with Crippen molar-refractivity contribution in [3.05, 3.63) is 53.3 Å². The minimum Gasteiger partial charge on any atom is -0.481 e. The van der Waals surface area contributed by atoms with E-state index in [0.29, 0.717) is 12.5 Å². The van der Waals surface area contributed by atoms with E-state index >= 15 is 0 Å². The molecule has 0 saturated heterocycles. The quantitative estimate of drug-likeness (QED) is 0.439. The van der Waals surface area contributed by atoms with Crippen LogP contribution in [0.25, 0.3) is 11.1 Å². The molecule has 1 aliphatic rings. The predicted molar refractivity (Wildman–Crippen MR) is 126 cm³/mol. The molecule has 0 spiro atoms. The average Bonchev–Trinajstić information content (AvgIpc) is 3.09. The SMILES string of the molecule is Cc1cc(-c2cccnc2)cc2c1C(=O)N(C(C)C(C)C)C2.O=C(O)CC(O)(CC(=O)O)C(=O)O. The van der Waals surface area contributed by atoms with Crippen molar-refractivity contribution in [1.82, 2.24) is 9.88 Å². The van der Waals surface area contributed by atoms with Crippen molar-refractivity contribution in [2.45, 2.75) is 58.7 Å². The summed E-state index contributed by atoms with van der Waals surface area (Å²) in [7, 11) is 0. The van der Waals surface area contributed by atoms with Crippen LogP contribution in [0, 0.1) is 12.8 Å². The van der Waals surface area contributed by atoms with Gasteiger partial charge in [-0.1, -0.05) is 26.0 Å². The monoisotopic (exact) mass is 486 g/mol. The molecule has 1 unspecified atom stereocenters. The molecule has 0 aliphatic carbocycles. The highest BCUT2D eigenvalue weighted by atomic mass is 16.4. The van der Waals surface area contributed by atoms with Gasteiger partial charge in [0.2, 0.25) is 0 Å². The number of hydrogen-bond donors (Lipinski definition) is 4. The minimum absolute atomic E-state index is 0.173. The van der Waals surface area contributed by atoms with Crippen molar-refractivity contribution in [3.8, 4) is 11.1 Å². The van der Waals surface area contributed by atoms with Crippen molar-refractivity contribution in [3.63, 3.8) is 0 Å². The number of carbonyl (C=O) groups excluding carboxylic acids is 1. The Labute approximate surface area is 202 Å². The van der Waals surface area contributed by atoms with Gasteiger partial charge in [0.1, 0.15) is 0 Å². The number of carboxylic acids is 3. The lowest BCUT2D eigenvalue weighted by molar-refractivity contribution is -0.170. The number of carboxylic acid groups (broad SMARTS) is 3. The number of aliphatic hydroxyl groups is 1. The third-order valence-electron chi connectivity index (χ3n) is 5.97. The largest absolute Gasteiger partial charge is 0.481 e. The molecule has 1 aromatic carbocycles. The topological polar surface area (TPSA) is 165 Å². The minimum atomic E-state index is -2.74. The summed E-state index contributed by atoms with van der Waals surface area (Å²) in [5, 5.41) is 33.8. The van der Waals surface area contributed by atoms with Crippen LogP contribution in [0.4, 0.5) is 0 Å². The van der Waals surface area contributed by atoms with Crippen LogP contribution in [0.15, 0.2) is 36.7 Å². The molecule has 3 rings (SSSR count). The van der Waals surface area contributed by atoms with Crippen LogP contribution >= 0.6 is 0 Å². The molecule has 4 N–H and O–H groups in total. The average molecular weight is 487 g/mol. The standard InChI is InChI=1S/C19H22N2O.C6H8O7/c1-12(2)14(4)21-11-17-9-16(15-6-5-7-20-10-15)8-13(3)18(17)19(21)22;7-3(8)1-6(13,5(11)12)2-4(9)10/h5-10,12,14H,11H2,1-4H3;13H,1-2H2,(H,7,8)(H,9,10)(H,11,12). The normalized spacial score (nSPS) is 13.7. The summed E-state index contributed by atoms with van der Waals surface area (Å²) in [6.45, 7) is 9.19. The number of aliphatic carboxylic acids is 3. The first kappa shape index (κ1) is 27.5. The van der Waals surface area contributed by atoms with Crippen molar-refractivity contribution >= 4 is 23.8 Å². The van der Waals surface area contributed by atoms with Gasteiger partial charge < -0.3 is 25.3 Å². The lowest BCUT2D eigenvalue weighted by Crippen LogP contribution is -2.42. The number of carbonyl (C=O) groups is 4. The second-order valence-electron chi connectivity index (χ2n) is 8.96. The molecule has 0 saturated carbocycles. The van der Waals surface area contributed by atoms with Gasteiger partial charge in [0.05, 0.1) is 12.8 Å². The number of benzene rings is 1. The molecule has 1 amide bonds. The second kappa shape index (κ2) is 11.1. The third-order valence-corrected chi connectivity index (χ3v) is 5.97. The molecule has 1 aromatic heterocycles. The van der Waals surface area contributed by atoms with Gasteiger partial charge in [-0.25, -0.2) is 4.79 Å². The lowest BCUT2D eigenvalue weighted by atomic mass is 9.96. The molecule has 2 heterocycles. The maximum absolute atomic E-state index is 12.7. The van der Waals surface area contributed by atoms with Crippen LogP contribution in [0.1, 0.15) is 55.1 Å². The Morgan fingerprint density at radius 2 is 1.66 bits per heavy atom. The summed E-state index contributed by atoms with van der Waals surface area (Å²) in [5.41, 5.74) is 2.57. The summed E-state index contributed by atoms with van der Waals surface area (Å²) < 4.78 is 0. The van der Waals surface area contributed by atoms with Crippen molar-refractivity contribution in [2.24, 2.45) is 5.92 Å². The third kappa shape index (κ3) is 6.63. The molecule has 10 nitrogen and oxygen atoms in total. The zero-order valence-corrected chi connectivity index (χ0v) is 20.1. The Balaban J connectivity index is 0.000000287. The maximum atomic E-state index is 12.7. The number of hydrogen-bond acceptors (Lipinski definition) is 6. The molecule has 10 heteroatoms. The first-order valence-electron chi connectivity index (χ1n) is 11.0. The zero-order chi connectivity index (χ0) is 26.5. The van der Waals surface area contributed by atoms with Crippen LogP contribution in [0.3, 0.4) is 0 Å². The van der Waals surface area contributed by atoms with E-state index in [1.165, 1.54) is 0 Å². The highest BCUT2D eigenvalue weighted by molar-refractivity contribution is 6.00. The van der Waals surface area contributed by atoms with Crippen LogP contribution < -0.4 is 0 Å². The van der Waals surface area contributed by atoms with E-state index in [1.54, 1.807) is 6.20 Å². The van der Waals surface area contributed by atoms with E-state index in [0.717, 1.165) is 27.8 Å². The summed E-state index contributed by atoms with van der Waals surface area (Å²) in [4.78, 5) is 49.4. The van der Waals surface area contributed by atoms with Gasteiger partial charge in [0.25, 0.3) is 5.91 Å². The van der Waals surface area contributed by atoms with Gasteiger partial charge in [-0.15, -0.1) is 0 Å². The number of aryl methyl sites for hydroxylation is 1. The fraction of sp³-hybridized carbons (Fsp3) is 0.400. The smallest absolute Gasteiger partial charge is 0.336 e. The van der Waals surface area contributed by atoms with Gasteiger partial charge in [0, 0.05) is 36.1 Å². The van der Waals surface area contributed by atoms with Gasteiger partial charge in [-0.05, 0) is 48.6 Å². The Morgan fingerprint density at radius 1 is 1.06 bits per heavy atom. The molecule has 1 aliphatic heterocycles. The number of pyridine rings is 1. The van der Waals surface area contributed by atoms with Crippen molar-refractivity contribution in [1.29, 1.82) is 0 Å². The number of fused-ring (bicyclic) bond motifs is 1. The van der Waals surface area contributed by atoms with Crippen LogP contribution in [-0.4, -0.2) is 65.8 Å². The number of nitrogens with zero attached hydrogens (tertiary/aromatic N) is 2. The summed E-state index contributed by atoms with van der Waals surface area (Å²) in [6, 6.07) is 8.48. The highest BCUT2D eigenvalue weighted by Gasteiger charge is 2.40. The molecule has 35 heavy (non-hydrogen) atoms. The fourth-order valence-corrected chi connectivity index (χ4v) is 3.79. The molecule has 0 bridgehead atoms. The van der Waals surface area contributed by atoms with Crippen LogP contribution in [-0.2, 0) is 20.9 Å². The number of amides is 1. The molecule has 0 fully saturated rings. The van der Waals surface area contributed by atoms with Crippen molar-refractivity contribution < 1.29 is 39.6 Å². The Bertz CT molecular complexity index is 1100. The maximum Gasteiger partial charge on any atom is 0.336 e. The van der Waals surface area contributed by atoms with E-state index in [4.69, 9.17) is 20.4 Å². The number of aromatic nitrogens is 1. The molecular formula is C25H30N2O8. The van der Waals surface area contributed by atoms with Gasteiger partial charge in [-0.2, -0.15) is 0 Å². The predicted octanol–water partition coefficient (Wildman–Crippen LogP) is 2.81. The molecular weight excluding hydrogens is 456 g/mol. The molecule has 1 atom stereocenters. The second-order valence-corrected chi connectivity index (χ2v) is 8.96. The summed E-state index contributed by atoms with van der Waals surface area (Å²) in [6.07, 6.45) is 1.36. The molecule has 2 aromatic rings. The summed E-state index contributed by atoms with van der Waals surface area (Å²) >= 11 is 0. The Kier molecular flexibility index (Phi) is 8.70. The van der Waals surface area contributed by atoms with E-state index in [1.807, 2.05) is 24.1 Å². The van der Waals surface area contributed by atoms with Crippen molar-refractivity contribution in [2.75, 3.05) is 0 Å². The van der Waals surface area contributed by atoms with E-state index < -0.39 is 36.4 Å². The first-order valence-corrected chi connectivity index (χ1v) is 11.0. The van der Waals surface area contributed by atoms with Gasteiger partial charge in [-0.3, -0.25) is 19.4 Å². The van der Waals surface area contributed by atoms with Gasteiger partial charge >= 0.3 is 17.9 Å². The number of rotatable bonds is 8. The molecule has 0 radical (unpaired) electrons. The zero-order valence-electron chi connectivity index (χ0n) is 20.1. The first-order chi connectivity index (χ1) is 16.3.